The van der Waals surface area contributed by atoms with E-state index >= 15 is 0 Å². The Morgan fingerprint density at radius 2 is 1.68 bits per heavy atom. The van der Waals surface area contributed by atoms with Crippen LogP contribution < -0.4 is 10.5 Å². The van der Waals surface area contributed by atoms with Crippen LogP contribution in [0.3, 0.4) is 0 Å². The van der Waals surface area contributed by atoms with Gasteiger partial charge in [-0.2, -0.15) is 0 Å². The molecule has 0 heterocycles. The summed E-state index contributed by atoms with van der Waals surface area (Å²) in [6.45, 7) is 2.03. The average Bonchev–Trinajstić information content (AvgIpc) is 2.39. The minimum absolute atomic E-state index is 0.0753. The van der Waals surface area contributed by atoms with E-state index in [1.54, 1.807) is 0 Å². The van der Waals surface area contributed by atoms with Crippen LogP contribution >= 0.6 is 0 Å². The fourth-order valence-corrected chi connectivity index (χ4v) is 1.90. The van der Waals surface area contributed by atoms with Gasteiger partial charge in [0.2, 0.25) is 0 Å². The van der Waals surface area contributed by atoms with Crippen LogP contribution in [0.15, 0.2) is 36.4 Å². The Balaban J connectivity index is 2.24. The minimum Gasteiger partial charge on any atom is -0.488 e. The van der Waals surface area contributed by atoms with Gasteiger partial charge in [-0.3, -0.25) is 0 Å². The van der Waals surface area contributed by atoms with Crippen LogP contribution in [-0.2, 0) is 13.2 Å². The van der Waals surface area contributed by atoms with E-state index in [9.17, 15) is 8.78 Å². The van der Waals surface area contributed by atoms with Gasteiger partial charge in [-0.1, -0.05) is 24.3 Å². The number of hydrogen-bond acceptors (Lipinski definition) is 2. The van der Waals surface area contributed by atoms with Crippen LogP contribution in [0.1, 0.15) is 16.7 Å². The summed E-state index contributed by atoms with van der Waals surface area (Å²) in [4.78, 5) is 0. The fourth-order valence-electron chi connectivity index (χ4n) is 1.90. The van der Waals surface area contributed by atoms with E-state index < -0.39 is 11.6 Å². The molecule has 0 aromatic heterocycles. The van der Waals surface area contributed by atoms with Gasteiger partial charge >= 0.3 is 0 Å². The Morgan fingerprint density at radius 3 is 2.32 bits per heavy atom. The molecule has 0 aliphatic heterocycles. The van der Waals surface area contributed by atoms with Crippen LogP contribution in [0, 0.1) is 18.6 Å². The first-order valence-electron chi connectivity index (χ1n) is 5.97. The van der Waals surface area contributed by atoms with Gasteiger partial charge in [0, 0.05) is 12.1 Å². The molecule has 100 valence electrons. The number of aryl methyl sites for hydroxylation is 1. The van der Waals surface area contributed by atoms with Gasteiger partial charge in [-0.25, -0.2) is 8.78 Å². The Bertz CT molecular complexity index is 564. The van der Waals surface area contributed by atoms with Gasteiger partial charge < -0.3 is 10.5 Å². The number of para-hydroxylation sites is 1. The number of halogens is 2. The highest BCUT2D eigenvalue weighted by atomic mass is 19.1. The summed E-state index contributed by atoms with van der Waals surface area (Å²) in [6.07, 6.45) is 0. The second-order valence-electron chi connectivity index (χ2n) is 4.26. The standard InChI is InChI=1S/C15H15F2NO/c1-10-4-2-5-11(8-18)15(10)19-9-12-13(16)6-3-7-14(12)17/h2-7H,8-9,18H2,1H3. The van der Waals surface area contributed by atoms with Gasteiger partial charge in [0.25, 0.3) is 0 Å². The van der Waals surface area contributed by atoms with E-state index in [2.05, 4.69) is 0 Å². The highest BCUT2D eigenvalue weighted by molar-refractivity contribution is 5.40. The zero-order valence-corrected chi connectivity index (χ0v) is 10.6. The van der Waals surface area contributed by atoms with Crippen molar-refractivity contribution in [3.63, 3.8) is 0 Å². The lowest BCUT2D eigenvalue weighted by Crippen LogP contribution is -2.06. The molecule has 0 saturated heterocycles. The van der Waals surface area contributed by atoms with Crippen molar-refractivity contribution in [3.8, 4) is 5.75 Å². The molecule has 0 atom stereocenters. The molecule has 0 radical (unpaired) electrons. The SMILES string of the molecule is Cc1cccc(CN)c1OCc1c(F)cccc1F. The molecule has 0 amide bonds. The van der Waals surface area contributed by atoms with Crippen LogP contribution in [0.4, 0.5) is 8.78 Å². The molecule has 0 aliphatic carbocycles. The first-order chi connectivity index (χ1) is 9.13. The van der Waals surface area contributed by atoms with Crippen LogP contribution in [0.25, 0.3) is 0 Å². The van der Waals surface area contributed by atoms with Crippen LogP contribution in [0.5, 0.6) is 5.75 Å². The molecule has 0 unspecified atom stereocenters. The molecule has 0 saturated carbocycles. The third-order valence-electron chi connectivity index (χ3n) is 2.94. The molecular weight excluding hydrogens is 248 g/mol. The zero-order valence-electron chi connectivity index (χ0n) is 10.6. The van der Waals surface area contributed by atoms with E-state index in [0.717, 1.165) is 11.1 Å². The van der Waals surface area contributed by atoms with Crippen molar-refractivity contribution in [1.29, 1.82) is 0 Å². The fraction of sp³-hybridized carbons (Fsp3) is 0.200. The first-order valence-corrected chi connectivity index (χ1v) is 5.97. The maximum atomic E-state index is 13.5. The largest absolute Gasteiger partial charge is 0.488 e. The molecule has 0 fully saturated rings. The molecule has 4 heteroatoms. The first kappa shape index (κ1) is 13.5. The number of nitrogens with two attached hydrogens (primary N) is 1. The third kappa shape index (κ3) is 2.90. The zero-order chi connectivity index (χ0) is 13.8. The van der Waals surface area contributed by atoms with Crippen molar-refractivity contribution in [3.05, 3.63) is 64.7 Å². The minimum atomic E-state index is -0.608. The monoisotopic (exact) mass is 263 g/mol. The second-order valence-corrected chi connectivity index (χ2v) is 4.26. The lowest BCUT2D eigenvalue weighted by atomic mass is 10.1. The highest BCUT2D eigenvalue weighted by Gasteiger charge is 2.11. The van der Waals surface area contributed by atoms with E-state index in [1.807, 2.05) is 25.1 Å². The summed E-state index contributed by atoms with van der Waals surface area (Å²) in [5.41, 5.74) is 7.25. The van der Waals surface area contributed by atoms with Crippen molar-refractivity contribution in [2.24, 2.45) is 5.73 Å². The van der Waals surface area contributed by atoms with Crippen molar-refractivity contribution in [2.75, 3.05) is 0 Å². The molecular formula is C15H15F2NO. The number of rotatable bonds is 4. The predicted octanol–water partition coefficient (Wildman–Crippen LogP) is 3.31. The summed E-state index contributed by atoms with van der Waals surface area (Å²) in [7, 11) is 0. The molecule has 0 spiro atoms. The normalized spacial score (nSPS) is 10.5. The quantitative estimate of drug-likeness (QED) is 0.918. The molecule has 0 bridgehead atoms. The number of hydrogen-bond donors (Lipinski definition) is 1. The van der Waals surface area contributed by atoms with E-state index in [4.69, 9.17) is 10.5 Å². The smallest absolute Gasteiger partial charge is 0.132 e. The van der Waals surface area contributed by atoms with Crippen molar-refractivity contribution < 1.29 is 13.5 Å². The van der Waals surface area contributed by atoms with E-state index in [1.165, 1.54) is 18.2 Å². The predicted molar refractivity (Wildman–Crippen MR) is 69.8 cm³/mol. The van der Waals surface area contributed by atoms with Gasteiger partial charge in [0.1, 0.15) is 24.0 Å². The maximum absolute atomic E-state index is 13.5. The lowest BCUT2D eigenvalue weighted by Gasteiger charge is -2.13. The molecule has 2 N–H and O–H groups in total. The lowest BCUT2D eigenvalue weighted by molar-refractivity contribution is 0.287. The Labute approximate surface area is 110 Å². The summed E-state index contributed by atoms with van der Waals surface area (Å²) in [5, 5.41) is 0. The van der Waals surface area contributed by atoms with E-state index in [0.29, 0.717) is 12.3 Å². The van der Waals surface area contributed by atoms with Crippen LogP contribution in [-0.4, -0.2) is 0 Å². The van der Waals surface area contributed by atoms with Crippen molar-refractivity contribution in [2.45, 2.75) is 20.1 Å². The molecule has 19 heavy (non-hydrogen) atoms. The second kappa shape index (κ2) is 5.80. The summed E-state index contributed by atoms with van der Waals surface area (Å²) < 4.78 is 32.5. The number of ether oxygens (including phenoxy) is 1. The van der Waals surface area contributed by atoms with E-state index in [-0.39, 0.29) is 12.2 Å². The summed E-state index contributed by atoms with van der Waals surface area (Å²) >= 11 is 0. The van der Waals surface area contributed by atoms with Crippen LogP contribution in [0.2, 0.25) is 0 Å². The maximum Gasteiger partial charge on any atom is 0.132 e. The molecule has 2 rings (SSSR count). The Morgan fingerprint density at radius 1 is 1.05 bits per heavy atom. The van der Waals surface area contributed by atoms with Crippen molar-refractivity contribution in [1.82, 2.24) is 0 Å². The Hall–Kier alpha value is -1.94. The van der Waals surface area contributed by atoms with Gasteiger partial charge in [0.05, 0.1) is 5.56 Å². The molecule has 2 aromatic carbocycles. The summed E-state index contributed by atoms with van der Waals surface area (Å²) in [6, 6.07) is 9.32. The highest BCUT2D eigenvalue weighted by Crippen LogP contribution is 2.25. The van der Waals surface area contributed by atoms with Crippen molar-refractivity contribution >= 4 is 0 Å². The molecule has 2 nitrogen and oxygen atoms in total. The topological polar surface area (TPSA) is 35.2 Å². The average molecular weight is 263 g/mol. The number of benzene rings is 2. The van der Waals surface area contributed by atoms with Gasteiger partial charge in [-0.15, -0.1) is 0 Å². The Kier molecular flexibility index (Phi) is 4.12. The van der Waals surface area contributed by atoms with Gasteiger partial charge in [-0.05, 0) is 24.6 Å². The third-order valence-corrected chi connectivity index (χ3v) is 2.94. The van der Waals surface area contributed by atoms with Gasteiger partial charge in [0.15, 0.2) is 0 Å². The molecule has 0 aliphatic rings. The summed E-state index contributed by atoms with van der Waals surface area (Å²) in [5.74, 6) is -0.626. The molecule has 2 aromatic rings.